The zero-order valence-corrected chi connectivity index (χ0v) is 13.7. The minimum atomic E-state index is 1.05. The molecule has 0 fully saturated rings. The lowest BCUT2D eigenvalue weighted by Gasteiger charge is -1.96. The smallest absolute Gasteiger partial charge is 0.106 e. The number of benzene rings is 3. The predicted octanol–water partition coefficient (Wildman–Crippen LogP) is 4.60. The maximum Gasteiger partial charge on any atom is 0.106 e. The number of nitrogens with one attached hydrogen (secondary N) is 1. The Bertz CT molecular complexity index is 1130. The van der Waals surface area contributed by atoms with Gasteiger partial charge in [0.2, 0.25) is 0 Å². The van der Waals surface area contributed by atoms with Crippen molar-refractivity contribution in [2.45, 2.75) is 6.92 Å². The van der Waals surface area contributed by atoms with Crippen molar-refractivity contribution in [3.63, 3.8) is 0 Å². The number of nitrogens with zero attached hydrogens (tertiary/aromatic N) is 3. The van der Waals surface area contributed by atoms with E-state index in [1.807, 2.05) is 44.3 Å². The number of H-pyrrole nitrogens is 1. The molecule has 1 N–H and O–H groups in total. The minimum Gasteiger partial charge on any atom is -0.345 e. The average molecular weight is 314 g/mol. The number of aryl methyl sites for hydroxylation is 2. The summed E-state index contributed by atoms with van der Waals surface area (Å²) in [6.45, 7) is 2.01. The van der Waals surface area contributed by atoms with Crippen molar-refractivity contribution >= 4 is 32.8 Å². The van der Waals surface area contributed by atoms with Gasteiger partial charge in [-0.2, -0.15) is 0 Å². The maximum absolute atomic E-state index is 4.38. The van der Waals surface area contributed by atoms with E-state index < -0.39 is 0 Å². The van der Waals surface area contributed by atoms with E-state index in [0.29, 0.717) is 0 Å². The average Bonchev–Trinajstić information content (AvgIpc) is 3.21. The first kappa shape index (κ1) is 14.5. The summed E-state index contributed by atoms with van der Waals surface area (Å²) in [4.78, 5) is 11.8. The van der Waals surface area contributed by atoms with Crippen LogP contribution in [0.5, 0.6) is 0 Å². The highest BCUT2D eigenvalue weighted by atomic mass is 15.0. The molecule has 0 aliphatic carbocycles. The number of aromatic amines is 1. The summed E-state index contributed by atoms with van der Waals surface area (Å²) in [7, 11) is 2.03. The van der Waals surface area contributed by atoms with Gasteiger partial charge in [0.25, 0.3) is 0 Å². The van der Waals surface area contributed by atoms with E-state index in [1.54, 1.807) is 6.33 Å². The molecule has 0 bridgehead atoms. The summed E-state index contributed by atoms with van der Waals surface area (Å²) in [5.41, 5.74) is 4.43. The molecule has 4 nitrogen and oxygen atoms in total. The van der Waals surface area contributed by atoms with Crippen LogP contribution in [0, 0.1) is 6.92 Å². The first-order chi connectivity index (χ1) is 11.7. The molecule has 2 aromatic heterocycles. The van der Waals surface area contributed by atoms with Gasteiger partial charge in [0.05, 0.1) is 28.4 Å². The van der Waals surface area contributed by atoms with Gasteiger partial charge in [-0.25, -0.2) is 9.97 Å². The van der Waals surface area contributed by atoms with Crippen LogP contribution in [-0.4, -0.2) is 19.5 Å². The van der Waals surface area contributed by atoms with Crippen LogP contribution in [0.15, 0.2) is 67.0 Å². The molecule has 0 radical (unpaired) electrons. The molecule has 5 aromatic rings. The van der Waals surface area contributed by atoms with Gasteiger partial charge in [-0.3, -0.25) is 0 Å². The standard InChI is InChI=1S/C11H8N2.C9H10N2/c1-2-4-9-8(3-1)5-6-10-11(9)13-7-12-10;1-7-10-8-5-3-4-6-9(8)11(7)2/h1-7H,(H,12,13);3-6H,1-2H3. The van der Waals surface area contributed by atoms with Gasteiger partial charge in [0.15, 0.2) is 0 Å². The topological polar surface area (TPSA) is 46.5 Å². The molecule has 0 amide bonds. The van der Waals surface area contributed by atoms with Crippen LogP contribution in [0.4, 0.5) is 0 Å². The number of para-hydroxylation sites is 2. The zero-order chi connectivity index (χ0) is 16.5. The molecular formula is C20H18N4. The van der Waals surface area contributed by atoms with Gasteiger partial charge in [-0.1, -0.05) is 42.5 Å². The maximum atomic E-state index is 4.38. The molecule has 0 spiro atoms. The predicted molar refractivity (Wildman–Crippen MR) is 99.1 cm³/mol. The van der Waals surface area contributed by atoms with E-state index >= 15 is 0 Å². The highest BCUT2D eigenvalue weighted by Crippen LogP contribution is 2.21. The highest BCUT2D eigenvalue weighted by molar-refractivity contribution is 6.03. The third-order valence-electron chi connectivity index (χ3n) is 4.33. The Kier molecular flexibility index (Phi) is 3.50. The molecule has 0 unspecified atom stereocenters. The van der Waals surface area contributed by atoms with Crippen LogP contribution in [0.25, 0.3) is 32.8 Å². The Labute approximate surface area is 139 Å². The molecule has 0 saturated heterocycles. The van der Waals surface area contributed by atoms with E-state index in [9.17, 15) is 0 Å². The zero-order valence-electron chi connectivity index (χ0n) is 13.7. The Morgan fingerprint density at radius 3 is 2.58 bits per heavy atom. The van der Waals surface area contributed by atoms with Gasteiger partial charge < -0.3 is 9.55 Å². The van der Waals surface area contributed by atoms with Gasteiger partial charge >= 0.3 is 0 Å². The number of hydrogen-bond acceptors (Lipinski definition) is 2. The Balaban J connectivity index is 0.000000123. The Hall–Kier alpha value is -3.14. The summed E-state index contributed by atoms with van der Waals surface area (Å²) in [6, 6.07) is 20.6. The SMILES string of the molecule is Cc1nc2ccccc2n1C.c1ccc2c(c1)ccc1[nH]cnc12. The fourth-order valence-corrected chi connectivity index (χ4v) is 2.94. The van der Waals surface area contributed by atoms with E-state index in [1.165, 1.54) is 16.3 Å². The Morgan fingerprint density at radius 1 is 0.917 bits per heavy atom. The lowest BCUT2D eigenvalue weighted by molar-refractivity contribution is 0.886. The number of aromatic nitrogens is 4. The van der Waals surface area contributed by atoms with Crippen molar-refractivity contribution in [2.75, 3.05) is 0 Å². The van der Waals surface area contributed by atoms with Crippen LogP contribution in [0.3, 0.4) is 0 Å². The summed E-state index contributed by atoms with van der Waals surface area (Å²) in [5, 5.41) is 2.45. The third kappa shape index (κ3) is 2.42. The number of imidazole rings is 2. The number of rotatable bonds is 0. The molecule has 2 heterocycles. The largest absolute Gasteiger partial charge is 0.345 e. The molecule has 118 valence electrons. The fraction of sp³-hybridized carbons (Fsp3) is 0.100. The molecule has 0 saturated carbocycles. The second kappa shape index (κ2) is 5.81. The van der Waals surface area contributed by atoms with Crippen molar-refractivity contribution in [2.24, 2.45) is 7.05 Å². The molecule has 0 atom stereocenters. The summed E-state index contributed by atoms with van der Waals surface area (Å²) >= 11 is 0. The van der Waals surface area contributed by atoms with Gasteiger partial charge in [-0.15, -0.1) is 0 Å². The lowest BCUT2D eigenvalue weighted by atomic mass is 10.1. The van der Waals surface area contributed by atoms with Crippen LogP contribution >= 0.6 is 0 Å². The minimum absolute atomic E-state index is 1.05. The third-order valence-corrected chi connectivity index (χ3v) is 4.33. The Morgan fingerprint density at radius 2 is 1.71 bits per heavy atom. The van der Waals surface area contributed by atoms with Crippen molar-refractivity contribution in [3.8, 4) is 0 Å². The van der Waals surface area contributed by atoms with Crippen molar-refractivity contribution in [1.82, 2.24) is 19.5 Å². The second-order valence-corrected chi connectivity index (χ2v) is 5.79. The van der Waals surface area contributed by atoms with Crippen LogP contribution < -0.4 is 0 Å². The van der Waals surface area contributed by atoms with Crippen molar-refractivity contribution in [3.05, 3.63) is 72.8 Å². The molecule has 24 heavy (non-hydrogen) atoms. The number of hydrogen-bond donors (Lipinski definition) is 1. The van der Waals surface area contributed by atoms with Crippen LogP contribution in [0.2, 0.25) is 0 Å². The molecule has 4 heteroatoms. The van der Waals surface area contributed by atoms with Crippen molar-refractivity contribution in [1.29, 1.82) is 0 Å². The van der Waals surface area contributed by atoms with Gasteiger partial charge in [0.1, 0.15) is 5.82 Å². The molecule has 0 aliphatic heterocycles. The fourth-order valence-electron chi connectivity index (χ4n) is 2.94. The molecule has 3 aromatic carbocycles. The van der Waals surface area contributed by atoms with Gasteiger partial charge in [-0.05, 0) is 30.5 Å². The van der Waals surface area contributed by atoms with Gasteiger partial charge in [0, 0.05) is 12.4 Å². The molecular weight excluding hydrogens is 296 g/mol. The van der Waals surface area contributed by atoms with E-state index in [4.69, 9.17) is 0 Å². The van der Waals surface area contributed by atoms with E-state index in [0.717, 1.165) is 22.4 Å². The van der Waals surface area contributed by atoms with Crippen molar-refractivity contribution < 1.29 is 0 Å². The normalized spacial score (nSPS) is 10.9. The lowest BCUT2D eigenvalue weighted by Crippen LogP contribution is -1.89. The van der Waals surface area contributed by atoms with Crippen LogP contribution in [-0.2, 0) is 7.05 Å². The van der Waals surface area contributed by atoms with E-state index in [-0.39, 0.29) is 0 Å². The highest BCUT2D eigenvalue weighted by Gasteiger charge is 2.01. The first-order valence-corrected chi connectivity index (χ1v) is 7.93. The summed E-state index contributed by atoms with van der Waals surface area (Å²) in [5.74, 6) is 1.06. The van der Waals surface area contributed by atoms with Crippen LogP contribution in [0.1, 0.15) is 5.82 Å². The summed E-state index contributed by atoms with van der Waals surface area (Å²) in [6.07, 6.45) is 1.73. The monoisotopic (exact) mass is 314 g/mol. The molecule has 0 aliphatic rings. The number of fused-ring (bicyclic) bond motifs is 4. The quantitative estimate of drug-likeness (QED) is 0.454. The second-order valence-electron chi connectivity index (χ2n) is 5.79. The molecule has 5 rings (SSSR count). The van der Waals surface area contributed by atoms with E-state index in [2.05, 4.69) is 49.9 Å². The summed E-state index contributed by atoms with van der Waals surface area (Å²) < 4.78 is 2.09. The first-order valence-electron chi connectivity index (χ1n) is 7.93.